The molecule has 1 fully saturated rings. The number of amides is 1. The first-order chi connectivity index (χ1) is 7.81. The molecule has 1 saturated heterocycles. The number of piperazine rings is 1. The Kier molecular flexibility index (Phi) is 3.49. The Labute approximate surface area is 97.9 Å². The van der Waals surface area contributed by atoms with Gasteiger partial charge in [-0.1, -0.05) is 0 Å². The standard InChI is InChI=1S/C10H12N4OS/c11-1-2-13-3-5-14(6-4-13)10(15)9-7-16-8-12-9/h7-8H,2-6H2. The maximum Gasteiger partial charge on any atom is 0.273 e. The molecule has 1 aromatic heterocycles. The van der Waals surface area contributed by atoms with E-state index in [9.17, 15) is 4.79 Å². The molecule has 0 N–H and O–H groups in total. The highest BCUT2D eigenvalue weighted by molar-refractivity contribution is 7.07. The average Bonchev–Trinajstić information content (AvgIpc) is 2.83. The number of rotatable bonds is 2. The molecule has 5 nitrogen and oxygen atoms in total. The van der Waals surface area contributed by atoms with E-state index in [1.165, 1.54) is 11.3 Å². The molecule has 0 aromatic carbocycles. The molecule has 16 heavy (non-hydrogen) atoms. The molecular formula is C10H12N4OS. The summed E-state index contributed by atoms with van der Waals surface area (Å²) in [5.41, 5.74) is 2.19. The first kappa shape index (κ1) is 11.0. The van der Waals surface area contributed by atoms with Crippen molar-refractivity contribution in [1.82, 2.24) is 14.8 Å². The van der Waals surface area contributed by atoms with Crippen molar-refractivity contribution in [3.63, 3.8) is 0 Å². The molecule has 6 heteroatoms. The van der Waals surface area contributed by atoms with Crippen LogP contribution in [0.5, 0.6) is 0 Å². The Morgan fingerprint density at radius 1 is 1.50 bits per heavy atom. The van der Waals surface area contributed by atoms with Gasteiger partial charge in [0.15, 0.2) is 0 Å². The number of carbonyl (C=O) groups is 1. The van der Waals surface area contributed by atoms with Gasteiger partial charge in [0, 0.05) is 31.6 Å². The zero-order valence-corrected chi connectivity index (χ0v) is 9.61. The fourth-order valence-electron chi connectivity index (χ4n) is 1.69. The molecule has 1 aliphatic heterocycles. The third kappa shape index (κ3) is 2.38. The van der Waals surface area contributed by atoms with Crippen LogP contribution in [0.3, 0.4) is 0 Å². The number of thiazole rings is 1. The smallest absolute Gasteiger partial charge is 0.273 e. The van der Waals surface area contributed by atoms with Gasteiger partial charge in [0.2, 0.25) is 0 Å². The van der Waals surface area contributed by atoms with Crippen molar-refractivity contribution in [2.45, 2.75) is 0 Å². The predicted octanol–water partition coefficient (Wildman–Crippen LogP) is 0.424. The van der Waals surface area contributed by atoms with Crippen LogP contribution in [-0.2, 0) is 0 Å². The predicted molar refractivity (Wildman–Crippen MR) is 60.1 cm³/mol. The van der Waals surface area contributed by atoms with E-state index in [1.54, 1.807) is 15.8 Å². The summed E-state index contributed by atoms with van der Waals surface area (Å²) in [6.07, 6.45) is 0. The molecule has 0 bridgehead atoms. The van der Waals surface area contributed by atoms with E-state index in [0.717, 1.165) is 13.1 Å². The quantitative estimate of drug-likeness (QED) is 0.698. The topological polar surface area (TPSA) is 60.2 Å². The lowest BCUT2D eigenvalue weighted by atomic mass is 10.3. The molecular weight excluding hydrogens is 224 g/mol. The van der Waals surface area contributed by atoms with Crippen molar-refractivity contribution in [3.05, 3.63) is 16.6 Å². The first-order valence-corrected chi connectivity index (χ1v) is 6.02. The third-order valence-corrected chi connectivity index (χ3v) is 3.19. The highest BCUT2D eigenvalue weighted by atomic mass is 32.1. The lowest BCUT2D eigenvalue weighted by Gasteiger charge is -2.32. The number of carbonyl (C=O) groups excluding carboxylic acids is 1. The number of nitrogens with zero attached hydrogens (tertiary/aromatic N) is 4. The Balaban J connectivity index is 1.90. The van der Waals surface area contributed by atoms with Crippen molar-refractivity contribution in [2.24, 2.45) is 0 Å². The minimum atomic E-state index is -0.00198. The van der Waals surface area contributed by atoms with Crippen LogP contribution in [0.1, 0.15) is 10.5 Å². The zero-order chi connectivity index (χ0) is 11.4. The molecule has 0 spiro atoms. The molecule has 1 aliphatic rings. The van der Waals surface area contributed by atoms with E-state index in [2.05, 4.69) is 11.1 Å². The molecule has 0 radical (unpaired) electrons. The Bertz CT molecular complexity index is 389. The highest BCUT2D eigenvalue weighted by Gasteiger charge is 2.22. The summed E-state index contributed by atoms with van der Waals surface area (Å²) >= 11 is 1.43. The molecule has 2 heterocycles. The van der Waals surface area contributed by atoms with Gasteiger partial charge < -0.3 is 4.90 Å². The minimum absolute atomic E-state index is 0.00198. The Hall–Kier alpha value is -1.45. The van der Waals surface area contributed by atoms with Gasteiger partial charge in [0.25, 0.3) is 5.91 Å². The maximum absolute atomic E-state index is 11.9. The van der Waals surface area contributed by atoms with Gasteiger partial charge in [-0.05, 0) is 0 Å². The molecule has 1 amide bonds. The Morgan fingerprint density at radius 2 is 2.25 bits per heavy atom. The fourth-order valence-corrected chi connectivity index (χ4v) is 2.22. The number of hydrogen-bond donors (Lipinski definition) is 0. The van der Waals surface area contributed by atoms with Gasteiger partial charge in [-0.2, -0.15) is 5.26 Å². The lowest BCUT2D eigenvalue weighted by molar-refractivity contribution is 0.0647. The van der Waals surface area contributed by atoms with Crippen molar-refractivity contribution in [2.75, 3.05) is 32.7 Å². The van der Waals surface area contributed by atoms with Crippen LogP contribution in [0.15, 0.2) is 10.9 Å². The average molecular weight is 236 g/mol. The van der Waals surface area contributed by atoms with E-state index in [1.807, 2.05) is 4.90 Å². The summed E-state index contributed by atoms with van der Waals surface area (Å²) < 4.78 is 0. The maximum atomic E-state index is 11.9. The normalized spacial score (nSPS) is 17.1. The fraction of sp³-hybridized carbons (Fsp3) is 0.500. The van der Waals surface area contributed by atoms with Crippen LogP contribution in [0.25, 0.3) is 0 Å². The van der Waals surface area contributed by atoms with Crippen molar-refractivity contribution >= 4 is 17.2 Å². The summed E-state index contributed by atoms with van der Waals surface area (Å²) in [5, 5.41) is 10.3. The van der Waals surface area contributed by atoms with E-state index in [0.29, 0.717) is 25.3 Å². The summed E-state index contributed by atoms with van der Waals surface area (Å²) in [7, 11) is 0. The largest absolute Gasteiger partial charge is 0.335 e. The van der Waals surface area contributed by atoms with Crippen LogP contribution < -0.4 is 0 Å². The lowest BCUT2D eigenvalue weighted by Crippen LogP contribution is -2.48. The van der Waals surface area contributed by atoms with E-state index >= 15 is 0 Å². The number of nitriles is 1. The van der Waals surface area contributed by atoms with Crippen LogP contribution in [0.2, 0.25) is 0 Å². The SMILES string of the molecule is N#CCN1CCN(C(=O)c2cscn2)CC1. The molecule has 0 aliphatic carbocycles. The van der Waals surface area contributed by atoms with E-state index in [4.69, 9.17) is 5.26 Å². The van der Waals surface area contributed by atoms with Gasteiger partial charge in [0.1, 0.15) is 5.69 Å². The van der Waals surface area contributed by atoms with E-state index in [-0.39, 0.29) is 5.91 Å². The monoisotopic (exact) mass is 236 g/mol. The molecule has 0 unspecified atom stereocenters. The van der Waals surface area contributed by atoms with Gasteiger partial charge in [-0.25, -0.2) is 4.98 Å². The zero-order valence-electron chi connectivity index (χ0n) is 8.80. The molecule has 84 valence electrons. The van der Waals surface area contributed by atoms with Gasteiger partial charge in [-0.15, -0.1) is 11.3 Å². The number of aromatic nitrogens is 1. The number of hydrogen-bond acceptors (Lipinski definition) is 5. The highest BCUT2D eigenvalue weighted by Crippen LogP contribution is 2.08. The van der Waals surface area contributed by atoms with Crippen LogP contribution >= 0.6 is 11.3 Å². The summed E-state index contributed by atoms with van der Waals surface area (Å²) in [6.45, 7) is 3.34. The second-order valence-electron chi connectivity index (χ2n) is 3.60. The molecule has 0 saturated carbocycles. The van der Waals surface area contributed by atoms with Crippen molar-refractivity contribution < 1.29 is 4.79 Å². The van der Waals surface area contributed by atoms with Gasteiger partial charge in [-0.3, -0.25) is 9.69 Å². The second kappa shape index (κ2) is 5.05. The van der Waals surface area contributed by atoms with Crippen molar-refractivity contribution in [3.8, 4) is 6.07 Å². The Morgan fingerprint density at radius 3 is 2.81 bits per heavy atom. The molecule has 2 rings (SSSR count). The van der Waals surface area contributed by atoms with Crippen LogP contribution in [0.4, 0.5) is 0 Å². The van der Waals surface area contributed by atoms with Crippen LogP contribution in [0, 0.1) is 11.3 Å². The van der Waals surface area contributed by atoms with Crippen LogP contribution in [-0.4, -0.2) is 53.4 Å². The summed E-state index contributed by atoms with van der Waals surface area (Å²) in [5.74, 6) is -0.00198. The summed E-state index contributed by atoms with van der Waals surface area (Å²) in [4.78, 5) is 19.8. The molecule has 0 atom stereocenters. The van der Waals surface area contributed by atoms with E-state index < -0.39 is 0 Å². The second-order valence-corrected chi connectivity index (χ2v) is 4.32. The van der Waals surface area contributed by atoms with Crippen molar-refractivity contribution in [1.29, 1.82) is 5.26 Å². The van der Waals surface area contributed by atoms with Gasteiger partial charge >= 0.3 is 0 Å². The minimum Gasteiger partial charge on any atom is -0.335 e. The first-order valence-electron chi connectivity index (χ1n) is 5.08. The van der Waals surface area contributed by atoms with Gasteiger partial charge in [0.05, 0.1) is 18.1 Å². The molecule has 1 aromatic rings. The summed E-state index contributed by atoms with van der Waals surface area (Å²) in [6, 6.07) is 2.12. The third-order valence-electron chi connectivity index (χ3n) is 2.61.